The number of allylic oxidation sites excluding steroid dienone is 3. The molecule has 12 heteroatoms. The van der Waals surface area contributed by atoms with Gasteiger partial charge in [-0.15, -0.1) is 11.7 Å². The van der Waals surface area contributed by atoms with Crippen LogP contribution in [0.4, 0.5) is 26.7 Å². The average Bonchev–Trinajstić information content (AvgIpc) is 3.36. The third kappa shape index (κ3) is 7.80. The van der Waals surface area contributed by atoms with Gasteiger partial charge in [-0.05, 0) is 31.9 Å². The molecule has 0 saturated carbocycles. The van der Waals surface area contributed by atoms with Crippen molar-refractivity contribution in [2.45, 2.75) is 39.8 Å². The van der Waals surface area contributed by atoms with Crippen molar-refractivity contribution in [3.63, 3.8) is 0 Å². The van der Waals surface area contributed by atoms with Crippen molar-refractivity contribution in [2.75, 3.05) is 41.7 Å². The number of carbonyl (C=O) groups is 2. The number of carbonyl (C=O) groups excluding carboxylic acids is 2. The van der Waals surface area contributed by atoms with Crippen LogP contribution in [0.2, 0.25) is 0 Å². The number of aromatic nitrogens is 3. The molecule has 1 aliphatic rings. The Morgan fingerprint density at radius 2 is 1.94 bits per heavy atom. The maximum absolute atomic E-state index is 14.2. The molecule has 0 spiro atoms. The lowest BCUT2D eigenvalue weighted by Gasteiger charge is -2.34. The van der Waals surface area contributed by atoms with Crippen LogP contribution < -0.4 is 21.3 Å². The van der Waals surface area contributed by atoms with Crippen LogP contribution in [-0.2, 0) is 0 Å². The fraction of sp³-hybridized carbons (Fsp3) is 0.435. The molecule has 0 bridgehead atoms. The summed E-state index contributed by atoms with van der Waals surface area (Å²) in [5.74, 6) is -0.177. The summed E-state index contributed by atoms with van der Waals surface area (Å²) in [7, 11) is 0. The molecule has 1 fully saturated rings. The van der Waals surface area contributed by atoms with Gasteiger partial charge in [0.15, 0.2) is 0 Å². The van der Waals surface area contributed by atoms with Gasteiger partial charge in [-0.1, -0.05) is 31.1 Å². The van der Waals surface area contributed by atoms with Crippen molar-refractivity contribution in [3.8, 4) is 0 Å². The van der Waals surface area contributed by atoms with Crippen LogP contribution in [-0.4, -0.2) is 64.4 Å². The second-order valence-corrected chi connectivity index (χ2v) is 7.29. The topological polar surface area (TPSA) is 143 Å². The van der Waals surface area contributed by atoms with E-state index in [-0.39, 0.29) is 24.0 Å². The Bertz CT molecular complexity index is 1000. The van der Waals surface area contributed by atoms with E-state index < -0.39 is 18.1 Å². The normalized spacial score (nSPS) is 14.5. The van der Waals surface area contributed by atoms with Crippen LogP contribution in [0.15, 0.2) is 47.2 Å². The van der Waals surface area contributed by atoms with Crippen molar-refractivity contribution in [3.05, 3.63) is 48.6 Å². The summed E-state index contributed by atoms with van der Waals surface area (Å²) in [6, 6.07) is 2.94. The van der Waals surface area contributed by atoms with Crippen molar-refractivity contribution in [1.82, 2.24) is 20.1 Å². The number of amides is 3. The third-order valence-corrected chi connectivity index (χ3v) is 5.06. The predicted molar refractivity (Wildman–Crippen MR) is 133 cm³/mol. The Morgan fingerprint density at radius 1 is 1.23 bits per heavy atom. The van der Waals surface area contributed by atoms with Crippen LogP contribution in [0.25, 0.3) is 0 Å². The first-order valence-corrected chi connectivity index (χ1v) is 11.5. The minimum Gasteiger partial charge on any atom is -0.399 e. The number of hydrogen-bond donors (Lipinski definition) is 3. The number of urea groups is 1. The van der Waals surface area contributed by atoms with Gasteiger partial charge >= 0.3 is 23.8 Å². The summed E-state index contributed by atoms with van der Waals surface area (Å²) in [4.78, 5) is 31.6. The van der Waals surface area contributed by atoms with Crippen LogP contribution in [0.1, 0.15) is 44.3 Å². The van der Waals surface area contributed by atoms with Gasteiger partial charge in [-0.3, -0.25) is 4.79 Å². The molecule has 11 nitrogen and oxygen atoms in total. The van der Waals surface area contributed by atoms with Gasteiger partial charge < -0.3 is 30.6 Å². The summed E-state index contributed by atoms with van der Waals surface area (Å²) < 4.78 is 19.5. The molecule has 1 aliphatic heterocycles. The van der Waals surface area contributed by atoms with Crippen LogP contribution in [0.3, 0.4) is 0 Å². The molecule has 3 heterocycles. The highest BCUT2D eigenvalue weighted by Crippen LogP contribution is 2.19. The Labute approximate surface area is 204 Å². The molecule has 3 amide bonds. The van der Waals surface area contributed by atoms with Crippen molar-refractivity contribution >= 4 is 29.5 Å². The van der Waals surface area contributed by atoms with E-state index in [1.54, 1.807) is 36.1 Å². The van der Waals surface area contributed by atoms with E-state index in [9.17, 15) is 14.0 Å². The Hall–Kier alpha value is -3.96. The summed E-state index contributed by atoms with van der Waals surface area (Å²) >= 11 is 0. The van der Waals surface area contributed by atoms with Crippen LogP contribution in [0, 0.1) is 0 Å². The van der Waals surface area contributed by atoms with Gasteiger partial charge in [0, 0.05) is 31.9 Å². The zero-order valence-corrected chi connectivity index (χ0v) is 20.3. The molecule has 4 N–H and O–H groups in total. The Morgan fingerprint density at radius 3 is 2.51 bits per heavy atom. The molecule has 1 unspecified atom stereocenters. The first-order chi connectivity index (χ1) is 16.9. The zero-order valence-electron chi connectivity index (χ0n) is 20.3. The summed E-state index contributed by atoms with van der Waals surface area (Å²) in [5.41, 5.74) is 6.00. The number of nitrogens with zero attached hydrogens (tertiary/aromatic N) is 5. The van der Waals surface area contributed by atoms with Crippen LogP contribution >= 0.6 is 0 Å². The van der Waals surface area contributed by atoms with E-state index in [4.69, 9.17) is 10.2 Å². The van der Waals surface area contributed by atoms with E-state index in [1.807, 2.05) is 18.7 Å². The number of primary amides is 1. The lowest BCUT2D eigenvalue weighted by atomic mass is 10.1. The highest BCUT2D eigenvalue weighted by Gasteiger charge is 2.21. The second-order valence-electron chi connectivity index (χ2n) is 7.29. The van der Waals surface area contributed by atoms with Crippen molar-refractivity contribution < 1.29 is 18.4 Å². The highest BCUT2D eigenvalue weighted by atomic mass is 19.1. The van der Waals surface area contributed by atoms with E-state index >= 15 is 0 Å². The molecular formula is C23H33FN8O3. The second kappa shape index (κ2) is 13.7. The average molecular weight is 489 g/mol. The molecule has 0 radical (unpaired) electrons. The number of piperazine rings is 1. The lowest BCUT2D eigenvalue weighted by molar-refractivity contribution is 0.0991. The number of nitrogens with one attached hydrogen (secondary N) is 2. The van der Waals surface area contributed by atoms with Gasteiger partial charge in [-0.2, -0.15) is 0 Å². The minimum absolute atomic E-state index is 0.0851. The van der Waals surface area contributed by atoms with Gasteiger partial charge in [0.2, 0.25) is 0 Å². The number of anilines is 3. The molecule has 1 saturated heterocycles. The van der Waals surface area contributed by atoms with E-state index in [1.165, 1.54) is 6.20 Å². The molecule has 2 aromatic rings. The first kappa shape index (κ1) is 27.3. The molecule has 0 aliphatic carbocycles. The molecular weight excluding hydrogens is 455 g/mol. The van der Waals surface area contributed by atoms with Gasteiger partial charge in [0.25, 0.3) is 0 Å². The Kier molecular flexibility index (Phi) is 10.7. The van der Waals surface area contributed by atoms with Crippen LogP contribution in [0.5, 0.6) is 0 Å². The lowest BCUT2D eigenvalue weighted by Crippen LogP contribution is -2.50. The molecule has 190 valence electrons. The number of nitrogens with two attached hydrogens (primary N) is 1. The highest BCUT2D eigenvalue weighted by molar-refractivity contribution is 6.00. The fourth-order valence-electron chi connectivity index (χ4n) is 3.23. The zero-order chi connectivity index (χ0) is 25.8. The smallest absolute Gasteiger partial charge is 0.320 e. The number of rotatable bonds is 9. The van der Waals surface area contributed by atoms with Gasteiger partial charge in [-0.25, -0.2) is 14.2 Å². The third-order valence-electron chi connectivity index (χ3n) is 5.06. The molecule has 0 aromatic carbocycles. The SMILES string of the molecule is C=CCCC(F)/C(=C\C)Nc1nnc(C(=O)Nc2ccc(N3CCN(C(N)=O)CC3)nc2)o1.CC. The largest absolute Gasteiger partial charge is 0.399 e. The molecule has 35 heavy (non-hydrogen) atoms. The predicted octanol–water partition coefficient (Wildman–Crippen LogP) is 3.56. The minimum atomic E-state index is -1.25. The van der Waals surface area contributed by atoms with Crippen molar-refractivity contribution in [1.29, 1.82) is 0 Å². The monoisotopic (exact) mass is 488 g/mol. The maximum Gasteiger partial charge on any atom is 0.320 e. The number of hydrogen-bond acceptors (Lipinski definition) is 8. The number of alkyl halides is 1. The van der Waals surface area contributed by atoms with Gasteiger partial charge in [0.1, 0.15) is 12.0 Å². The summed E-state index contributed by atoms with van der Waals surface area (Å²) in [6.07, 6.45) is 4.25. The standard InChI is InChI=1S/C21H27FN8O3.C2H6/c1-3-5-6-15(22)16(4-2)26-21-28-27-19(33-21)18(31)25-14-7-8-17(24-13-14)29-9-11-30(12-10-29)20(23)32;1-2/h3-4,7-8,13,15H,1,5-6,9-12H2,2H3,(H2,23,32)(H,25,31)(H,26,28);1-2H3/b16-4+;. The van der Waals surface area contributed by atoms with E-state index in [0.717, 1.165) is 5.82 Å². The quantitative estimate of drug-likeness (QED) is 0.455. The molecule has 1 atom stereocenters. The summed E-state index contributed by atoms with van der Waals surface area (Å²) in [5, 5.41) is 12.8. The molecule has 3 rings (SSSR count). The number of pyridine rings is 1. The number of halogens is 1. The van der Waals surface area contributed by atoms with E-state index in [2.05, 4.69) is 32.4 Å². The maximum atomic E-state index is 14.2. The first-order valence-electron chi connectivity index (χ1n) is 11.5. The molecule has 2 aromatic heterocycles. The van der Waals surface area contributed by atoms with E-state index in [0.29, 0.717) is 38.3 Å². The Balaban J connectivity index is 0.00000210. The van der Waals surface area contributed by atoms with Crippen molar-refractivity contribution in [2.24, 2.45) is 5.73 Å². The fourth-order valence-corrected chi connectivity index (χ4v) is 3.23. The van der Waals surface area contributed by atoms with Gasteiger partial charge in [0.05, 0.1) is 11.9 Å². The summed E-state index contributed by atoms with van der Waals surface area (Å²) in [6.45, 7) is 11.5.